The van der Waals surface area contributed by atoms with Crippen molar-refractivity contribution in [2.45, 2.75) is 37.7 Å². The van der Waals surface area contributed by atoms with Crippen molar-refractivity contribution in [3.63, 3.8) is 0 Å². The zero-order valence-corrected chi connectivity index (χ0v) is 9.95. The van der Waals surface area contributed by atoms with E-state index in [2.05, 4.69) is 5.32 Å². The minimum atomic E-state index is -0.760. The van der Waals surface area contributed by atoms with Gasteiger partial charge < -0.3 is 20.3 Å². The number of alkyl carbamates (subject to hydrolysis) is 1. The lowest BCUT2D eigenvalue weighted by atomic mass is 10.2. The minimum Gasteiger partial charge on any atom is -0.445 e. The lowest BCUT2D eigenvalue weighted by Crippen LogP contribution is -2.33. The van der Waals surface area contributed by atoms with E-state index in [4.69, 9.17) is 4.74 Å². The fourth-order valence-corrected chi connectivity index (χ4v) is 2.04. The number of amides is 1. The van der Waals surface area contributed by atoms with Crippen LogP contribution in [0.5, 0.6) is 0 Å². The molecule has 1 aliphatic carbocycles. The highest BCUT2D eigenvalue weighted by Crippen LogP contribution is 2.19. The first-order valence-corrected chi connectivity index (χ1v) is 5.98. The molecule has 3 N–H and O–H groups in total. The van der Waals surface area contributed by atoms with Gasteiger partial charge in [-0.3, -0.25) is 0 Å². The van der Waals surface area contributed by atoms with E-state index in [1.807, 2.05) is 30.3 Å². The van der Waals surface area contributed by atoms with Crippen LogP contribution >= 0.6 is 0 Å². The molecule has 0 spiro atoms. The Balaban J connectivity index is 1.73. The first kappa shape index (κ1) is 12.9. The van der Waals surface area contributed by atoms with Crippen molar-refractivity contribution in [2.75, 3.05) is 0 Å². The topological polar surface area (TPSA) is 78.8 Å². The maximum absolute atomic E-state index is 11.5. The molecule has 0 radical (unpaired) electrons. The van der Waals surface area contributed by atoms with Crippen LogP contribution in [0.2, 0.25) is 0 Å². The third-order valence-corrected chi connectivity index (χ3v) is 3.03. The lowest BCUT2D eigenvalue weighted by Gasteiger charge is -2.12. The van der Waals surface area contributed by atoms with Gasteiger partial charge in [-0.25, -0.2) is 4.79 Å². The third-order valence-electron chi connectivity index (χ3n) is 3.03. The highest BCUT2D eigenvalue weighted by molar-refractivity contribution is 5.67. The van der Waals surface area contributed by atoms with Crippen molar-refractivity contribution in [1.29, 1.82) is 0 Å². The maximum atomic E-state index is 11.5. The van der Waals surface area contributed by atoms with Crippen LogP contribution in [0.4, 0.5) is 4.79 Å². The summed E-state index contributed by atoms with van der Waals surface area (Å²) in [6.45, 7) is 0.213. The minimum absolute atomic E-state index is 0.213. The number of aliphatic hydroxyl groups excluding tert-OH is 2. The number of hydrogen-bond acceptors (Lipinski definition) is 4. The van der Waals surface area contributed by atoms with E-state index < -0.39 is 18.3 Å². The van der Waals surface area contributed by atoms with Gasteiger partial charge in [0.05, 0.1) is 12.2 Å². The summed E-state index contributed by atoms with van der Waals surface area (Å²) in [5.41, 5.74) is 0.916. The van der Waals surface area contributed by atoms with Gasteiger partial charge in [-0.05, 0) is 18.4 Å². The average molecular weight is 251 g/mol. The van der Waals surface area contributed by atoms with Crippen molar-refractivity contribution in [3.05, 3.63) is 35.9 Å². The molecule has 0 bridgehead atoms. The Bertz CT molecular complexity index is 385. The fraction of sp³-hybridized carbons (Fsp3) is 0.462. The SMILES string of the molecule is O=C(N[C@H]1C[C@@H](O)[C@@H](O)C1)OCc1ccccc1. The highest BCUT2D eigenvalue weighted by Gasteiger charge is 2.32. The summed E-state index contributed by atoms with van der Waals surface area (Å²) < 4.78 is 5.05. The van der Waals surface area contributed by atoms with Crippen LogP contribution in [0.1, 0.15) is 18.4 Å². The third kappa shape index (κ3) is 3.45. The van der Waals surface area contributed by atoms with Crippen molar-refractivity contribution in [2.24, 2.45) is 0 Å². The van der Waals surface area contributed by atoms with Gasteiger partial charge >= 0.3 is 6.09 Å². The number of hydrogen-bond donors (Lipinski definition) is 3. The molecule has 0 aromatic heterocycles. The second-order valence-corrected chi connectivity index (χ2v) is 4.51. The second-order valence-electron chi connectivity index (χ2n) is 4.51. The van der Waals surface area contributed by atoms with Gasteiger partial charge in [0.25, 0.3) is 0 Å². The Morgan fingerprint density at radius 2 is 1.83 bits per heavy atom. The monoisotopic (exact) mass is 251 g/mol. The molecule has 5 nitrogen and oxygen atoms in total. The Morgan fingerprint density at radius 3 is 2.44 bits per heavy atom. The number of ether oxygens (including phenoxy) is 1. The molecule has 2 rings (SSSR count). The van der Waals surface area contributed by atoms with Gasteiger partial charge in [0, 0.05) is 6.04 Å². The van der Waals surface area contributed by atoms with Crippen LogP contribution < -0.4 is 5.32 Å². The molecule has 98 valence electrons. The average Bonchev–Trinajstić information content (AvgIpc) is 2.67. The van der Waals surface area contributed by atoms with E-state index in [0.717, 1.165) is 5.56 Å². The van der Waals surface area contributed by atoms with Crippen LogP contribution in [0.15, 0.2) is 30.3 Å². The molecule has 3 atom stereocenters. The molecule has 1 fully saturated rings. The van der Waals surface area contributed by atoms with Crippen molar-refractivity contribution in [3.8, 4) is 0 Å². The smallest absolute Gasteiger partial charge is 0.407 e. The number of nitrogens with one attached hydrogen (secondary N) is 1. The molecule has 0 heterocycles. The Hall–Kier alpha value is -1.59. The van der Waals surface area contributed by atoms with E-state index in [9.17, 15) is 15.0 Å². The Morgan fingerprint density at radius 1 is 1.22 bits per heavy atom. The second kappa shape index (κ2) is 5.84. The summed E-state index contributed by atoms with van der Waals surface area (Å²) in [6, 6.07) is 9.16. The summed E-state index contributed by atoms with van der Waals surface area (Å²) in [4.78, 5) is 11.5. The van der Waals surface area contributed by atoms with Crippen LogP contribution in [0.25, 0.3) is 0 Å². The molecule has 0 saturated heterocycles. The van der Waals surface area contributed by atoms with E-state index in [0.29, 0.717) is 12.8 Å². The molecule has 1 aliphatic rings. The molecule has 18 heavy (non-hydrogen) atoms. The first-order valence-electron chi connectivity index (χ1n) is 5.98. The predicted octanol–water partition coefficient (Wildman–Crippen LogP) is 0.797. The predicted molar refractivity (Wildman–Crippen MR) is 64.8 cm³/mol. The van der Waals surface area contributed by atoms with Crippen molar-refractivity contribution >= 4 is 6.09 Å². The molecule has 1 aromatic carbocycles. The van der Waals surface area contributed by atoms with Gasteiger partial charge in [0.2, 0.25) is 0 Å². The maximum Gasteiger partial charge on any atom is 0.407 e. The van der Waals surface area contributed by atoms with Crippen LogP contribution in [-0.2, 0) is 11.3 Å². The molecule has 1 amide bonds. The quantitative estimate of drug-likeness (QED) is 0.742. The molecular formula is C13H17NO4. The normalized spacial score (nSPS) is 26.9. The van der Waals surface area contributed by atoms with Gasteiger partial charge in [0.1, 0.15) is 6.61 Å². The van der Waals surface area contributed by atoms with E-state index in [1.54, 1.807) is 0 Å². The summed E-state index contributed by atoms with van der Waals surface area (Å²) in [5, 5.41) is 21.3. The Kier molecular flexibility index (Phi) is 4.17. The summed E-state index contributed by atoms with van der Waals surface area (Å²) in [6.07, 6.45) is -1.32. The van der Waals surface area contributed by atoms with Crippen LogP contribution in [0.3, 0.4) is 0 Å². The van der Waals surface area contributed by atoms with E-state index in [-0.39, 0.29) is 12.6 Å². The van der Waals surface area contributed by atoms with Crippen molar-refractivity contribution in [1.82, 2.24) is 5.32 Å². The summed E-state index contributed by atoms with van der Waals surface area (Å²) >= 11 is 0. The molecule has 0 aliphatic heterocycles. The number of benzene rings is 1. The molecule has 0 unspecified atom stereocenters. The lowest BCUT2D eigenvalue weighted by molar-refractivity contribution is 0.0438. The van der Waals surface area contributed by atoms with Gasteiger partial charge in [-0.15, -0.1) is 0 Å². The van der Waals surface area contributed by atoms with Crippen LogP contribution in [-0.4, -0.2) is 34.6 Å². The number of aliphatic hydroxyl groups is 2. The molecule has 1 aromatic rings. The number of carbonyl (C=O) groups is 1. The van der Waals surface area contributed by atoms with E-state index in [1.165, 1.54) is 0 Å². The van der Waals surface area contributed by atoms with Gasteiger partial charge in [-0.2, -0.15) is 0 Å². The number of carbonyl (C=O) groups excluding carboxylic acids is 1. The van der Waals surface area contributed by atoms with Crippen LogP contribution in [0, 0.1) is 0 Å². The standard InChI is InChI=1S/C13H17NO4/c15-11-6-10(7-12(11)16)14-13(17)18-8-9-4-2-1-3-5-9/h1-5,10-12,15-16H,6-8H2,(H,14,17)/t10-,11+,12-. The fourth-order valence-electron chi connectivity index (χ4n) is 2.04. The zero-order chi connectivity index (χ0) is 13.0. The largest absolute Gasteiger partial charge is 0.445 e. The highest BCUT2D eigenvalue weighted by atomic mass is 16.5. The van der Waals surface area contributed by atoms with E-state index >= 15 is 0 Å². The molecular weight excluding hydrogens is 234 g/mol. The van der Waals surface area contributed by atoms with Gasteiger partial charge in [-0.1, -0.05) is 30.3 Å². The first-order chi connectivity index (χ1) is 8.65. The summed E-state index contributed by atoms with van der Waals surface area (Å²) in [5.74, 6) is 0. The van der Waals surface area contributed by atoms with Crippen molar-refractivity contribution < 1.29 is 19.7 Å². The zero-order valence-electron chi connectivity index (χ0n) is 9.95. The number of rotatable bonds is 3. The molecule has 5 heteroatoms. The molecule has 1 saturated carbocycles. The van der Waals surface area contributed by atoms with Gasteiger partial charge in [0.15, 0.2) is 0 Å². The Labute approximate surface area is 105 Å². The summed E-state index contributed by atoms with van der Waals surface area (Å²) in [7, 11) is 0.